The van der Waals surface area contributed by atoms with Crippen molar-refractivity contribution in [2.24, 2.45) is 0 Å². The Balaban J connectivity index is 0.000000242. The van der Waals surface area contributed by atoms with Crippen LogP contribution in [0.5, 0.6) is 5.75 Å². The van der Waals surface area contributed by atoms with Crippen molar-refractivity contribution >= 4 is 81.0 Å². The highest BCUT2D eigenvalue weighted by Gasteiger charge is 2.40. The smallest absolute Gasteiger partial charge is 0.427 e. The number of aliphatic carboxylic acids is 1. The quantitative estimate of drug-likeness (QED) is 0.0855. The molecule has 3 fully saturated rings. The van der Waals surface area contributed by atoms with E-state index in [4.69, 9.17) is 47.2 Å². The fourth-order valence-corrected chi connectivity index (χ4v) is 7.08. The maximum Gasteiger partial charge on any atom is 0.427 e. The van der Waals surface area contributed by atoms with Crippen molar-refractivity contribution in [3.63, 3.8) is 0 Å². The number of carbonyl (C=O) groups excluding carboxylic acids is 3. The molecule has 324 valence electrons. The van der Waals surface area contributed by atoms with Crippen LogP contribution in [0.25, 0.3) is 0 Å². The number of ether oxygens (including phenoxy) is 2. The first-order valence-corrected chi connectivity index (χ1v) is 24.6. The molecule has 2 aliphatic carbocycles. The van der Waals surface area contributed by atoms with E-state index >= 15 is 0 Å². The highest BCUT2D eigenvalue weighted by Crippen LogP contribution is 2.42. The number of allylic oxidation sites excluding steroid dienone is 1. The van der Waals surface area contributed by atoms with E-state index in [1.165, 1.54) is 30.5 Å². The van der Waals surface area contributed by atoms with Crippen LogP contribution in [-0.2, 0) is 39.6 Å². The molecule has 1 saturated heterocycles. The lowest BCUT2D eigenvalue weighted by Crippen LogP contribution is -2.29. The van der Waals surface area contributed by atoms with Crippen LogP contribution in [0, 0.1) is 5.82 Å². The molecule has 2 amide bonds. The van der Waals surface area contributed by atoms with Gasteiger partial charge in [0.1, 0.15) is 19.2 Å². The summed E-state index contributed by atoms with van der Waals surface area (Å²) < 4.78 is 63.9. The Hall–Kier alpha value is -3.81. The van der Waals surface area contributed by atoms with Crippen LogP contribution in [0.2, 0.25) is 10.0 Å². The average molecular weight is 925 g/mol. The number of benzene rings is 2. The number of hydrogen-bond acceptors (Lipinski definition) is 13. The normalized spacial score (nSPS) is 16.2. The molecule has 59 heavy (non-hydrogen) atoms. The van der Waals surface area contributed by atoms with Gasteiger partial charge in [-0.3, -0.25) is 19.7 Å². The molecule has 22 heteroatoms. The van der Waals surface area contributed by atoms with Crippen molar-refractivity contribution < 1.29 is 65.4 Å². The summed E-state index contributed by atoms with van der Waals surface area (Å²) >= 11 is 11.9. The van der Waals surface area contributed by atoms with Crippen molar-refractivity contribution in [3.8, 4) is 5.75 Å². The van der Waals surface area contributed by atoms with Crippen molar-refractivity contribution in [2.75, 3.05) is 42.8 Å². The van der Waals surface area contributed by atoms with Crippen molar-refractivity contribution in [1.29, 1.82) is 0 Å². The topological polar surface area (TPSA) is 243 Å². The highest BCUT2D eigenvalue weighted by atomic mass is 35.5. The first kappa shape index (κ1) is 49.6. The predicted octanol–water partition coefficient (Wildman–Crippen LogP) is 6.08. The molecule has 1 aliphatic heterocycles. The molecule has 3 N–H and O–H groups in total. The molecule has 1 atom stereocenters. The van der Waals surface area contributed by atoms with Gasteiger partial charge in [0.15, 0.2) is 27.1 Å². The lowest BCUT2D eigenvalue weighted by Gasteiger charge is -2.18. The van der Waals surface area contributed by atoms with Gasteiger partial charge in [-0.15, -0.1) is 0 Å². The van der Waals surface area contributed by atoms with Crippen LogP contribution >= 0.6 is 30.8 Å². The Labute approximate surface area is 353 Å². The first-order chi connectivity index (χ1) is 27.4. The van der Waals surface area contributed by atoms with Gasteiger partial charge in [-0.1, -0.05) is 28.4 Å². The largest absolute Gasteiger partial charge is 0.778 e. The van der Waals surface area contributed by atoms with Gasteiger partial charge in [0.2, 0.25) is 0 Å². The second-order valence-electron chi connectivity index (χ2n) is 14.1. The Morgan fingerprint density at radius 2 is 1.69 bits per heavy atom. The number of carbonyl (C=O) groups is 4. The molecule has 2 saturated carbocycles. The number of aromatic nitrogens is 1. The molecule has 3 aromatic rings. The van der Waals surface area contributed by atoms with Gasteiger partial charge >= 0.3 is 18.0 Å². The molecule has 16 nitrogen and oxygen atoms in total. The number of nitrogens with one attached hydrogen (secondary N) is 1. The number of anilines is 1. The SMILES string of the molecule is CC(C)=C1OC(=O)N(c2cc(OC3CCCC3)c(Cl)cc2F)C1=O.CS(=O)(=O)c1cc(Cl)ccc1C(=O)c1cnoc1C1CC1.C[S+](C)C.O=C(O)CNCP(=O)([O-])O. The molecule has 1 unspecified atom stereocenters. The summed E-state index contributed by atoms with van der Waals surface area (Å²) in [5.41, 5.74) is 0.725. The number of ketones is 1. The van der Waals surface area contributed by atoms with Crippen LogP contribution in [0.1, 0.15) is 80.0 Å². The van der Waals surface area contributed by atoms with Gasteiger partial charge in [-0.2, -0.15) is 0 Å². The van der Waals surface area contributed by atoms with Crippen LogP contribution in [0.15, 0.2) is 57.3 Å². The molecule has 1 aromatic heterocycles. The summed E-state index contributed by atoms with van der Waals surface area (Å²) in [5, 5.41) is 14.0. The number of carboxylic acids is 1. The lowest BCUT2D eigenvalue weighted by molar-refractivity contribution is -0.193. The number of nitrogens with zero attached hydrogens (tertiary/aromatic N) is 2. The molecule has 0 radical (unpaired) electrons. The van der Waals surface area contributed by atoms with Gasteiger partial charge in [-0.05, 0) is 93.1 Å². The zero-order valence-electron chi connectivity index (χ0n) is 33.0. The van der Waals surface area contributed by atoms with E-state index in [-0.39, 0.29) is 49.7 Å². The van der Waals surface area contributed by atoms with E-state index in [0.717, 1.165) is 50.8 Å². The molecule has 2 heterocycles. The number of carboxylic acid groups (broad SMARTS) is 1. The summed E-state index contributed by atoms with van der Waals surface area (Å²) in [5.74, 6) is -2.16. The average Bonchev–Trinajstić information content (AvgIpc) is 3.46. The zero-order chi connectivity index (χ0) is 44.4. The van der Waals surface area contributed by atoms with Crippen LogP contribution < -0.4 is 19.8 Å². The Kier molecular flexibility index (Phi) is 18.2. The number of amides is 2. The second-order valence-corrected chi connectivity index (χ2v) is 20.9. The third-order valence-corrected chi connectivity index (χ3v) is 10.3. The Bertz CT molecular complexity index is 2210. The van der Waals surface area contributed by atoms with Gasteiger partial charge in [0.05, 0.1) is 65.1 Å². The van der Waals surface area contributed by atoms with E-state index in [9.17, 15) is 41.4 Å². The highest BCUT2D eigenvalue weighted by molar-refractivity contribution is 7.94. The molecular formula is C37H45Cl2FN3O13PS2. The summed E-state index contributed by atoms with van der Waals surface area (Å²) in [6.07, 6.45) is 13.2. The maximum absolute atomic E-state index is 14.3. The van der Waals surface area contributed by atoms with Crippen molar-refractivity contribution in [1.82, 2.24) is 10.5 Å². The number of halogens is 3. The zero-order valence-corrected chi connectivity index (χ0v) is 37.0. The molecule has 0 spiro atoms. The second kappa shape index (κ2) is 21.6. The minimum Gasteiger partial charge on any atom is -0.778 e. The third-order valence-electron chi connectivity index (χ3n) is 8.03. The van der Waals surface area contributed by atoms with E-state index in [1.807, 2.05) is 5.32 Å². The van der Waals surface area contributed by atoms with Crippen LogP contribution in [0.4, 0.5) is 14.9 Å². The molecule has 6 rings (SSSR count). The fraction of sp³-hybridized carbons (Fsp3) is 0.432. The summed E-state index contributed by atoms with van der Waals surface area (Å²) in [4.78, 5) is 65.3. The standard InChI is InChI=1S/C17H17ClFNO4.C14H12ClNO4S.C3H8NO5P.C3H9S/c1-9(2)15-16(21)20(17(22)24-15)13-8-14(11(18)7-12(13)19)23-10-5-3-4-6-10;1-21(18,19)12-6-9(15)4-5-10(12)13(17)11-7-16-20-14(11)8-2-3-8;5-3(6)1-4-2-10(7,8)9;1-4(2)3/h7-8,10H,3-6H2,1-2H3;4-8H,2-3H2,1H3;4H,1-2H2,(H,5,6)(H2,7,8,9);1-3H3/q;;;+1/p-1. The predicted molar refractivity (Wildman–Crippen MR) is 219 cm³/mol. The third kappa shape index (κ3) is 15.3. The minimum absolute atomic E-state index is 0.00962. The summed E-state index contributed by atoms with van der Waals surface area (Å²) in [6, 6.07) is 6.53. The fourth-order valence-electron chi connectivity index (χ4n) is 5.35. The molecule has 0 bridgehead atoms. The van der Waals surface area contributed by atoms with Gasteiger partial charge in [0.25, 0.3) is 0 Å². The first-order valence-electron chi connectivity index (χ1n) is 17.7. The monoisotopic (exact) mass is 923 g/mol. The number of rotatable bonds is 11. The number of imide groups is 1. The summed E-state index contributed by atoms with van der Waals surface area (Å²) in [7, 11) is -7.27. The molecular weight excluding hydrogens is 879 g/mol. The van der Waals surface area contributed by atoms with E-state index in [2.05, 4.69) is 23.9 Å². The Morgan fingerprint density at radius 1 is 1.08 bits per heavy atom. The maximum atomic E-state index is 14.3. The number of hydrogen-bond donors (Lipinski definition) is 3. The minimum atomic E-state index is -4.35. The number of cyclic esters (lactones) is 1. The van der Waals surface area contributed by atoms with Gasteiger partial charge < -0.3 is 33.5 Å². The number of sulfone groups is 1. The van der Waals surface area contributed by atoms with Crippen molar-refractivity contribution in [3.05, 3.63) is 80.6 Å². The Morgan fingerprint density at radius 3 is 2.20 bits per heavy atom. The summed E-state index contributed by atoms with van der Waals surface area (Å²) in [6.45, 7) is 2.79. The van der Waals surface area contributed by atoms with E-state index in [0.29, 0.717) is 32.7 Å². The van der Waals surface area contributed by atoms with Crippen molar-refractivity contribution in [2.45, 2.75) is 69.3 Å². The van der Waals surface area contributed by atoms with Gasteiger partial charge in [-0.25, -0.2) is 22.5 Å². The molecule has 2 aromatic carbocycles. The lowest BCUT2D eigenvalue weighted by atomic mass is 10.0. The van der Waals surface area contributed by atoms with Crippen LogP contribution in [-0.4, -0.2) is 91.3 Å². The van der Waals surface area contributed by atoms with E-state index < -0.39 is 59.8 Å². The van der Waals surface area contributed by atoms with Gasteiger partial charge in [0, 0.05) is 28.8 Å². The molecule has 3 aliphatic rings. The van der Waals surface area contributed by atoms with E-state index in [1.54, 1.807) is 13.8 Å². The van der Waals surface area contributed by atoms with Crippen LogP contribution in [0.3, 0.4) is 0 Å².